The molecular formula is C21H23ClN4O. The van der Waals surface area contributed by atoms with Crippen molar-refractivity contribution in [1.82, 2.24) is 0 Å². The van der Waals surface area contributed by atoms with E-state index in [-0.39, 0.29) is 5.91 Å². The summed E-state index contributed by atoms with van der Waals surface area (Å²) in [6.45, 7) is 3.81. The number of anilines is 3. The number of piperidine rings is 1. The minimum atomic E-state index is -0.487. The Balaban J connectivity index is 1.75. The Labute approximate surface area is 164 Å². The second-order valence-corrected chi connectivity index (χ2v) is 7.16. The number of nitrogens with one attached hydrogen (secondary N) is 2. The van der Waals surface area contributed by atoms with Gasteiger partial charge in [0.2, 0.25) is 5.91 Å². The molecule has 0 unspecified atom stereocenters. The van der Waals surface area contributed by atoms with Crippen LogP contribution in [0.5, 0.6) is 0 Å². The van der Waals surface area contributed by atoms with Crippen LogP contribution in [0.15, 0.2) is 42.5 Å². The lowest BCUT2D eigenvalue weighted by Crippen LogP contribution is -2.34. The Morgan fingerprint density at radius 2 is 1.89 bits per heavy atom. The minimum Gasteiger partial charge on any atom is -0.372 e. The van der Waals surface area contributed by atoms with Crippen molar-refractivity contribution in [3.05, 3.63) is 53.1 Å². The SMILES string of the molecule is C[C@@H](Nc1cc(Cl)ccc1N1CCCCC1)C(=O)Nc1ccccc1C#N. The zero-order valence-corrected chi connectivity index (χ0v) is 16.1. The molecule has 0 bridgehead atoms. The molecule has 0 saturated carbocycles. The van der Waals surface area contributed by atoms with Crippen molar-refractivity contribution in [2.24, 2.45) is 0 Å². The summed E-state index contributed by atoms with van der Waals surface area (Å²) in [6.07, 6.45) is 3.59. The molecule has 27 heavy (non-hydrogen) atoms. The average Bonchev–Trinajstić information content (AvgIpc) is 2.69. The highest BCUT2D eigenvalue weighted by Gasteiger charge is 2.19. The summed E-state index contributed by atoms with van der Waals surface area (Å²) >= 11 is 6.19. The standard InChI is InChI=1S/C21H23ClN4O/c1-15(21(27)25-18-8-4-3-7-16(18)14-23)24-19-13-17(22)9-10-20(19)26-11-5-2-6-12-26/h3-4,7-10,13,15,24H,2,5-6,11-12H2,1H3,(H,25,27)/t15-/m1/s1. The lowest BCUT2D eigenvalue weighted by molar-refractivity contribution is -0.116. The number of para-hydroxylation sites is 1. The van der Waals surface area contributed by atoms with Crippen LogP contribution in [0.2, 0.25) is 5.02 Å². The van der Waals surface area contributed by atoms with Crippen molar-refractivity contribution in [2.75, 3.05) is 28.6 Å². The molecule has 0 radical (unpaired) electrons. The lowest BCUT2D eigenvalue weighted by Gasteiger charge is -2.31. The smallest absolute Gasteiger partial charge is 0.246 e. The van der Waals surface area contributed by atoms with Gasteiger partial charge >= 0.3 is 0 Å². The molecule has 5 nitrogen and oxygen atoms in total. The Kier molecular flexibility index (Phi) is 6.20. The van der Waals surface area contributed by atoms with Gasteiger partial charge in [-0.2, -0.15) is 5.26 Å². The maximum absolute atomic E-state index is 12.6. The first-order valence-electron chi connectivity index (χ1n) is 9.19. The van der Waals surface area contributed by atoms with Gasteiger partial charge < -0.3 is 15.5 Å². The van der Waals surface area contributed by atoms with E-state index < -0.39 is 6.04 Å². The molecule has 1 aliphatic heterocycles. The Hall–Kier alpha value is -2.71. The molecule has 6 heteroatoms. The highest BCUT2D eigenvalue weighted by atomic mass is 35.5. The molecule has 2 aromatic carbocycles. The van der Waals surface area contributed by atoms with Gasteiger partial charge in [-0.1, -0.05) is 23.7 Å². The van der Waals surface area contributed by atoms with Crippen LogP contribution in [0.4, 0.5) is 17.1 Å². The van der Waals surface area contributed by atoms with Gasteiger partial charge in [-0.05, 0) is 56.5 Å². The zero-order chi connectivity index (χ0) is 19.2. The van der Waals surface area contributed by atoms with Gasteiger partial charge in [-0.25, -0.2) is 0 Å². The maximum atomic E-state index is 12.6. The Bertz CT molecular complexity index is 856. The topological polar surface area (TPSA) is 68.2 Å². The van der Waals surface area contributed by atoms with Crippen molar-refractivity contribution in [3.63, 3.8) is 0 Å². The largest absolute Gasteiger partial charge is 0.372 e. The van der Waals surface area contributed by atoms with Gasteiger partial charge in [0.15, 0.2) is 0 Å². The number of hydrogen-bond acceptors (Lipinski definition) is 4. The predicted molar refractivity (Wildman–Crippen MR) is 110 cm³/mol. The first kappa shape index (κ1) is 19.1. The normalized spacial score (nSPS) is 14.9. The number of carbonyl (C=O) groups is 1. The summed E-state index contributed by atoms with van der Waals surface area (Å²) < 4.78 is 0. The number of amides is 1. The molecule has 2 aromatic rings. The van der Waals surface area contributed by atoms with E-state index in [0.717, 1.165) is 24.5 Å². The van der Waals surface area contributed by atoms with Crippen molar-refractivity contribution in [3.8, 4) is 6.07 Å². The predicted octanol–water partition coefficient (Wildman–Crippen LogP) is 4.64. The number of rotatable bonds is 5. The molecular weight excluding hydrogens is 360 g/mol. The molecule has 1 amide bonds. The molecule has 0 aromatic heterocycles. The number of benzene rings is 2. The van der Waals surface area contributed by atoms with Crippen LogP contribution >= 0.6 is 11.6 Å². The molecule has 0 spiro atoms. The second-order valence-electron chi connectivity index (χ2n) is 6.72. The highest BCUT2D eigenvalue weighted by molar-refractivity contribution is 6.31. The van der Waals surface area contributed by atoms with Crippen molar-refractivity contribution < 1.29 is 4.79 Å². The van der Waals surface area contributed by atoms with Crippen LogP contribution < -0.4 is 15.5 Å². The average molecular weight is 383 g/mol. The molecule has 140 valence electrons. The van der Waals surface area contributed by atoms with Crippen molar-refractivity contribution in [2.45, 2.75) is 32.2 Å². The summed E-state index contributed by atoms with van der Waals surface area (Å²) in [5.41, 5.74) is 2.87. The number of halogens is 1. The molecule has 3 rings (SSSR count). The van der Waals surface area contributed by atoms with Gasteiger partial charge in [-0.3, -0.25) is 4.79 Å². The number of carbonyl (C=O) groups excluding carboxylic acids is 1. The van der Waals surface area contributed by atoms with E-state index in [1.807, 2.05) is 18.2 Å². The van der Waals surface area contributed by atoms with E-state index in [9.17, 15) is 10.1 Å². The van der Waals surface area contributed by atoms with E-state index in [1.54, 1.807) is 31.2 Å². The highest BCUT2D eigenvalue weighted by Crippen LogP contribution is 2.31. The summed E-state index contributed by atoms with van der Waals surface area (Å²) in [7, 11) is 0. The maximum Gasteiger partial charge on any atom is 0.246 e. The van der Waals surface area contributed by atoms with Gasteiger partial charge in [0.1, 0.15) is 12.1 Å². The third-order valence-corrected chi connectivity index (χ3v) is 4.96. The molecule has 1 atom stereocenters. The summed E-state index contributed by atoms with van der Waals surface area (Å²) in [5, 5.41) is 15.9. The molecule has 2 N–H and O–H groups in total. The monoisotopic (exact) mass is 382 g/mol. The minimum absolute atomic E-state index is 0.206. The lowest BCUT2D eigenvalue weighted by atomic mass is 10.1. The van der Waals surface area contributed by atoms with Crippen LogP contribution in [0, 0.1) is 11.3 Å². The summed E-state index contributed by atoms with van der Waals surface area (Å²) in [4.78, 5) is 15.0. The van der Waals surface area contributed by atoms with Crippen molar-refractivity contribution in [1.29, 1.82) is 5.26 Å². The van der Waals surface area contributed by atoms with E-state index in [4.69, 9.17) is 11.6 Å². The first-order chi connectivity index (χ1) is 13.1. The van der Waals surface area contributed by atoms with Crippen LogP contribution in [0.25, 0.3) is 0 Å². The summed E-state index contributed by atoms with van der Waals surface area (Å²) in [6, 6.07) is 14.3. The van der Waals surface area contributed by atoms with Gasteiger partial charge in [-0.15, -0.1) is 0 Å². The van der Waals surface area contributed by atoms with Crippen molar-refractivity contribution >= 4 is 34.6 Å². The van der Waals surface area contributed by atoms with Crippen LogP contribution in [-0.4, -0.2) is 25.0 Å². The van der Waals surface area contributed by atoms with Gasteiger partial charge in [0.05, 0.1) is 22.6 Å². The number of hydrogen-bond donors (Lipinski definition) is 2. The fourth-order valence-corrected chi connectivity index (χ4v) is 3.44. The molecule has 1 heterocycles. The fraction of sp³-hybridized carbons (Fsp3) is 0.333. The molecule has 0 aliphatic carbocycles. The Morgan fingerprint density at radius 3 is 2.63 bits per heavy atom. The van der Waals surface area contributed by atoms with Crippen LogP contribution in [-0.2, 0) is 4.79 Å². The fourth-order valence-electron chi connectivity index (χ4n) is 3.26. The van der Waals surface area contributed by atoms with Gasteiger partial charge in [0.25, 0.3) is 0 Å². The summed E-state index contributed by atoms with van der Waals surface area (Å²) in [5.74, 6) is -0.206. The van der Waals surface area contributed by atoms with Gasteiger partial charge in [0, 0.05) is 18.1 Å². The van der Waals surface area contributed by atoms with Crippen LogP contribution in [0.3, 0.4) is 0 Å². The van der Waals surface area contributed by atoms with E-state index in [0.29, 0.717) is 16.3 Å². The molecule has 1 saturated heterocycles. The quantitative estimate of drug-likeness (QED) is 0.790. The number of nitrogens with zero attached hydrogens (tertiary/aromatic N) is 2. The first-order valence-corrected chi connectivity index (χ1v) is 9.57. The van der Waals surface area contributed by atoms with E-state index >= 15 is 0 Å². The number of nitriles is 1. The van der Waals surface area contributed by atoms with E-state index in [2.05, 4.69) is 21.6 Å². The van der Waals surface area contributed by atoms with E-state index in [1.165, 1.54) is 19.3 Å². The third-order valence-electron chi connectivity index (χ3n) is 4.73. The zero-order valence-electron chi connectivity index (χ0n) is 15.3. The third kappa shape index (κ3) is 4.72. The molecule has 1 aliphatic rings. The second kappa shape index (κ2) is 8.79. The van der Waals surface area contributed by atoms with Crippen LogP contribution in [0.1, 0.15) is 31.7 Å². The molecule has 1 fully saturated rings. The Morgan fingerprint density at radius 1 is 1.15 bits per heavy atom.